The van der Waals surface area contributed by atoms with E-state index in [1.807, 2.05) is 49.4 Å². The molecule has 11 nitrogen and oxygen atoms in total. The zero-order valence-corrected chi connectivity index (χ0v) is 23.7. The van der Waals surface area contributed by atoms with Crippen molar-refractivity contribution in [3.8, 4) is 11.5 Å². The summed E-state index contributed by atoms with van der Waals surface area (Å²) in [6.07, 6.45) is 5.10. The number of piperidine rings is 1. The maximum atomic E-state index is 13.0. The van der Waals surface area contributed by atoms with Gasteiger partial charge in [-0.3, -0.25) is 4.79 Å². The lowest BCUT2D eigenvalue weighted by Gasteiger charge is -2.31. The van der Waals surface area contributed by atoms with Gasteiger partial charge in [-0.25, -0.2) is 19.9 Å². The van der Waals surface area contributed by atoms with E-state index in [-0.39, 0.29) is 11.8 Å². The van der Waals surface area contributed by atoms with Crippen molar-refractivity contribution in [3.63, 3.8) is 0 Å². The lowest BCUT2D eigenvalue weighted by Crippen LogP contribution is -2.40. The van der Waals surface area contributed by atoms with E-state index in [2.05, 4.69) is 64.8 Å². The van der Waals surface area contributed by atoms with Crippen LogP contribution in [0, 0.1) is 12.8 Å². The highest BCUT2D eigenvalue weighted by Gasteiger charge is 2.25. The number of benzene rings is 1. The molecule has 1 fully saturated rings. The number of carbonyl (C=O) groups is 1. The number of hydrogen-bond acceptors (Lipinski definition) is 10. The standard InChI is InChI=1S/C30H36N10O/c1-21-6-4-9-25(33-21)28-31-14-10-26(37-28)36-27-11-15-32-30(38-27)35-24-8-5-7-23(20-24)34-29(41)22-12-16-40(17-13-22)19-18-39(2)3/h4-11,14-15,20,22H,12-13,16-19H2,1-3H3,(H,34,41)(H2,31,32,35,36,37,38). The maximum absolute atomic E-state index is 13.0. The molecule has 1 amide bonds. The first-order chi connectivity index (χ1) is 19.9. The molecule has 0 saturated carbocycles. The lowest BCUT2D eigenvalue weighted by molar-refractivity contribution is -0.121. The molecule has 1 aromatic carbocycles. The van der Waals surface area contributed by atoms with Crippen molar-refractivity contribution >= 4 is 34.9 Å². The molecule has 41 heavy (non-hydrogen) atoms. The van der Waals surface area contributed by atoms with E-state index >= 15 is 0 Å². The van der Waals surface area contributed by atoms with E-state index in [4.69, 9.17) is 0 Å². The van der Waals surface area contributed by atoms with Crippen LogP contribution in [-0.2, 0) is 4.79 Å². The summed E-state index contributed by atoms with van der Waals surface area (Å²) in [7, 11) is 4.17. The van der Waals surface area contributed by atoms with Crippen LogP contribution in [0.1, 0.15) is 18.5 Å². The van der Waals surface area contributed by atoms with E-state index in [0.29, 0.717) is 29.1 Å². The number of rotatable bonds is 10. The van der Waals surface area contributed by atoms with E-state index in [9.17, 15) is 4.79 Å². The second-order valence-electron chi connectivity index (χ2n) is 10.4. The highest BCUT2D eigenvalue weighted by atomic mass is 16.1. The maximum Gasteiger partial charge on any atom is 0.229 e. The molecule has 5 rings (SSSR count). The summed E-state index contributed by atoms with van der Waals surface area (Å²) >= 11 is 0. The van der Waals surface area contributed by atoms with Gasteiger partial charge in [0.1, 0.15) is 17.3 Å². The van der Waals surface area contributed by atoms with E-state index < -0.39 is 0 Å². The molecule has 0 bridgehead atoms. The predicted octanol–water partition coefficient (Wildman–Crippen LogP) is 4.34. The summed E-state index contributed by atoms with van der Waals surface area (Å²) in [5, 5.41) is 9.53. The van der Waals surface area contributed by atoms with Gasteiger partial charge in [0.15, 0.2) is 5.82 Å². The van der Waals surface area contributed by atoms with E-state index in [1.54, 1.807) is 24.5 Å². The molecule has 0 unspecified atom stereocenters. The molecule has 1 aliphatic heterocycles. The fourth-order valence-corrected chi connectivity index (χ4v) is 4.65. The molecule has 1 aliphatic rings. The minimum Gasteiger partial charge on any atom is -0.326 e. The minimum absolute atomic E-state index is 0.0253. The molecule has 11 heteroatoms. The van der Waals surface area contributed by atoms with Gasteiger partial charge in [0, 0.05) is 48.5 Å². The number of pyridine rings is 1. The third-order valence-electron chi connectivity index (χ3n) is 6.89. The van der Waals surface area contributed by atoms with Crippen molar-refractivity contribution in [1.29, 1.82) is 0 Å². The third kappa shape index (κ3) is 8.03. The Labute approximate surface area is 240 Å². The lowest BCUT2D eigenvalue weighted by atomic mass is 9.96. The number of nitrogens with one attached hydrogen (secondary N) is 3. The summed E-state index contributed by atoms with van der Waals surface area (Å²) in [4.78, 5) is 39.9. The number of aryl methyl sites for hydroxylation is 1. The Morgan fingerprint density at radius 3 is 2.41 bits per heavy atom. The first-order valence-corrected chi connectivity index (χ1v) is 13.8. The molecule has 0 atom stereocenters. The van der Waals surface area contributed by atoms with Gasteiger partial charge in [0.25, 0.3) is 0 Å². The van der Waals surface area contributed by atoms with E-state index in [1.165, 1.54) is 0 Å². The highest BCUT2D eigenvalue weighted by molar-refractivity contribution is 5.93. The number of aromatic nitrogens is 5. The molecule has 0 spiro atoms. The Balaban J connectivity index is 1.18. The second-order valence-corrected chi connectivity index (χ2v) is 10.4. The number of likely N-dealkylation sites (tertiary alicyclic amines) is 1. The van der Waals surface area contributed by atoms with E-state index in [0.717, 1.165) is 56.1 Å². The number of amides is 1. The Morgan fingerprint density at radius 2 is 1.63 bits per heavy atom. The van der Waals surface area contributed by atoms with Gasteiger partial charge in [0.2, 0.25) is 11.9 Å². The Bertz CT molecular complexity index is 1470. The van der Waals surface area contributed by atoms with Crippen LogP contribution in [0.5, 0.6) is 0 Å². The number of anilines is 5. The van der Waals surface area contributed by atoms with Crippen LogP contribution in [-0.4, -0.2) is 80.9 Å². The normalized spacial score (nSPS) is 14.1. The SMILES string of the molecule is Cc1cccc(-c2nccc(Nc3ccnc(Nc4cccc(NC(=O)C5CCN(CCN(C)C)CC5)c4)n3)n2)n1. The van der Waals surface area contributed by atoms with Crippen LogP contribution in [0.3, 0.4) is 0 Å². The molecule has 3 aromatic heterocycles. The van der Waals surface area contributed by atoms with Gasteiger partial charge >= 0.3 is 0 Å². The quantitative estimate of drug-likeness (QED) is 0.262. The van der Waals surface area contributed by atoms with Crippen molar-refractivity contribution in [2.24, 2.45) is 5.92 Å². The minimum atomic E-state index is 0.0253. The summed E-state index contributed by atoms with van der Waals surface area (Å²) in [6.45, 7) is 5.91. The molecule has 3 N–H and O–H groups in total. The average molecular weight is 553 g/mol. The molecular weight excluding hydrogens is 516 g/mol. The topological polar surface area (TPSA) is 124 Å². The van der Waals surface area contributed by atoms with Gasteiger partial charge in [-0.15, -0.1) is 0 Å². The summed E-state index contributed by atoms with van der Waals surface area (Å²) in [5.74, 6) is 2.21. The molecular formula is C30H36N10O. The Hall–Kier alpha value is -4.48. The fraction of sp³-hybridized carbons (Fsp3) is 0.333. The van der Waals surface area contributed by atoms with Gasteiger partial charge in [-0.05, 0) is 89.4 Å². The van der Waals surface area contributed by atoms with Crippen LogP contribution >= 0.6 is 0 Å². The highest BCUT2D eigenvalue weighted by Crippen LogP contribution is 2.23. The van der Waals surface area contributed by atoms with Crippen LogP contribution in [0.25, 0.3) is 11.5 Å². The second kappa shape index (κ2) is 13.2. The number of nitrogens with zero attached hydrogens (tertiary/aromatic N) is 7. The third-order valence-corrected chi connectivity index (χ3v) is 6.89. The van der Waals surface area contributed by atoms with Crippen molar-refractivity contribution in [1.82, 2.24) is 34.7 Å². The summed E-state index contributed by atoms with van der Waals surface area (Å²) in [6, 6.07) is 16.9. The van der Waals surface area contributed by atoms with Crippen LogP contribution in [0.15, 0.2) is 67.0 Å². The fourth-order valence-electron chi connectivity index (χ4n) is 4.65. The van der Waals surface area contributed by atoms with Gasteiger partial charge < -0.3 is 25.8 Å². The molecule has 4 heterocycles. The Kier molecular flexibility index (Phi) is 9.07. The molecule has 4 aromatic rings. The van der Waals surface area contributed by atoms with Crippen molar-refractivity contribution in [2.45, 2.75) is 19.8 Å². The number of likely N-dealkylation sites (N-methyl/N-ethyl adjacent to an activating group) is 1. The molecule has 0 radical (unpaired) electrons. The first-order valence-electron chi connectivity index (χ1n) is 13.8. The molecule has 212 valence electrons. The van der Waals surface area contributed by atoms with Crippen LogP contribution < -0.4 is 16.0 Å². The monoisotopic (exact) mass is 552 g/mol. The van der Waals surface area contributed by atoms with Crippen molar-refractivity contribution in [3.05, 3.63) is 72.7 Å². The predicted molar refractivity (Wildman–Crippen MR) is 161 cm³/mol. The Morgan fingerprint density at radius 1 is 0.902 bits per heavy atom. The smallest absolute Gasteiger partial charge is 0.229 e. The zero-order chi connectivity index (χ0) is 28.6. The molecule has 1 saturated heterocycles. The largest absolute Gasteiger partial charge is 0.326 e. The van der Waals surface area contributed by atoms with Gasteiger partial charge in [0.05, 0.1) is 0 Å². The van der Waals surface area contributed by atoms with Gasteiger partial charge in [-0.1, -0.05) is 12.1 Å². The number of carbonyl (C=O) groups excluding carboxylic acids is 1. The summed E-state index contributed by atoms with van der Waals surface area (Å²) in [5.41, 5.74) is 3.11. The summed E-state index contributed by atoms with van der Waals surface area (Å²) < 4.78 is 0. The van der Waals surface area contributed by atoms with Crippen molar-refractivity contribution < 1.29 is 4.79 Å². The zero-order valence-electron chi connectivity index (χ0n) is 23.7. The van der Waals surface area contributed by atoms with Gasteiger partial charge in [-0.2, -0.15) is 4.98 Å². The van der Waals surface area contributed by atoms with Crippen LogP contribution in [0.2, 0.25) is 0 Å². The van der Waals surface area contributed by atoms with Crippen LogP contribution in [0.4, 0.5) is 29.0 Å². The average Bonchev–Trinajstić information content (AvgIpc) is 2.97. The molecule has 0 aliphatic carbocycles. The van der Waals surface area contributed by atoms with Crippen molar-refractivity contribution in [2.75, 3.05) is 56.2 Å². The number of hydrogen-bond donors (Lipinski definition) is 3. The first kappa shape index (κ1) is 28.1.